The van der Waals surface area contributed by atoms with Gasteiger partial charge in [-0.1, -0.05) is 32.0 Å². The van der Waals surface area contributed by atoms with Gasteiger partial charge in [-0.15, -0.1) is 0 Å². The molecule has 0 bridgehead atoms. The number of amides is 1. The first kappa shape index (κ1) is 19.5. The lowest BCUT2D eigenvalue weighted by Gasteiger charge is -2.13. The van der Waals surface area contributed by atoms with Crippen LogP contribution in [0.3, 0.4) is 0 Å². The minimum Gasteiger partial charge on any atom is -0.454 e. The zero-order valence-electron chi connectivity index (χ0n) is 16.1. The lowest BCUT2D eigenvalue weighted by molar-refractivity contribution is -0.148. The Hall–Kier alpha value is -3.28. The molecule has 0 aromatic heterocycles. The Bertz CT molecular complexity index is 886. The van der Waals surface area contributed by atoms with Crippen LogP contribution in [0.1, 0.15) is 37.8 Å². The van der Waals surface area contributed by atoms with Crippen LogP contribution >= 0.6 is 0 Å². The van der Waals surface area contributed by atoms with E-state index in [-0.39, 0.29) is 12.7 Å². The summed E-state index contributed by atoms with van der Waals surface area (Å²) in [6.45, 7) is 5.93. The molecule has 0 radical (unpaired) electrons. The highest BCUT2D eigenvalue weighted by Gasteiger charge is 2.17. The molecular weight excluding hydrogens is 358 g/mol. The molecule has 1 aliphatic heterocycles. The first-order chi connectivity index (χ1) is 13.4. The van der Waals surface area contributed by atoms with E-state index < -0.39 is 12.1 Å². The van der Waals surface area contributed by atoms with E-state index in [9.17, 15) is 9.59 Å². The number of fused-ring (bicyclic) bond motifs is 1. The molecule has 146 valence electrons. The first-order valence-corrected chi connectivity index (χ1v) is 9.11. The number of benzene rings is 2. The van der Waals surface area contributed by atoms with Crippen LogP contribution in [0.4, 0.5) is 5.69 Å². The number of hydrogen-bond acceptors (Lipinski definition) is 5. The molecule has 1 N–H and O–H groups in total. The highest BCUT2D eigenvalue weighted by molar-refractivity contribution is 5.96. The summed E-state index contributed by atoms with van der Waals surface area (Å²) in [6.07, 6.45) is 1.96. The molecule has 6 nitrogen and oxygen atoms in total. The highest BCUT2D eigenvalue weighted by Crippen LogP contribution is 2.32. The Kier molecular flexibility index (Phi) is 5.99. The molecule has 0 saturated carbocycles. The van der Waals surface area contributed by atoms with E-state index >= 15 is 0 Å². The molecule has 0 spiro atoms. The molecule has 0 saturated heterocycles. The summed E-state index contributed by atoms with van der Waals surface area (Å²) < 4.78 is 15.7. The molecule has 2 aromatic carbocycles. The maximum Gasteiger partial charge on any atom is 0.331 e. The van der Waals surface area contributed by atoms with Crippen molar-refractivity contribution in [2.24, 2.45) is 0 Å². The number of rotatable bonds is 6. The van der Waals surface area contributed by atoms with Crippen molar-refractivity contribution in [1.29, 1.82) is 0 Å². The molecule has 1 atom stereocenters. The van der Waals surface area contributed by atoms with Crippen molar-refractivity contribution in [2.75, 3.05) is 12.1 Å². The standard InChI is InChI=1S/C22H23NO5/c1-14(2)17-6-8-18(9-7-17)23-22(25)15(3)28-21(24)11-5-16-4-10-19-20(12-16)27-13-26-19/h4-12,14-15H,13H2,1-3H3,(H,23,25)/b11-5-/t15-/m1/s1. The average molecular weight is 381 g/mol. The third-order valence-corrected chi connectivity index (χ3v) is 4.32. The van der Waals surface area contributed by atoms with Crippen molar-refractivity contribution < 1.29 is 23.8 Å². The molecule has 28 heavy (non-hydrogen) atoms. The lowest BCUT2D eigenvalue weighted by Crippen LogP contribution is -2.29. The second-order valence-corrected chi connectivity index (χ2v) is 6.79. The van der Waals surface area contributed by atoms with Crippen LogP contribution in [-0.2, 0) is 14.3 Å². The van der Waals surface area contributed by atoms with Crippen LogP contribution in [0.25, 0.3) is 6.08 Å². The zero-order valence-corrected chi connectivity index (χ0v) is 16.1. The summed E-state index contributed by atoms with van der Waals surface area (Å²) in [5.41, 5.74) is 2.61. The first-order valence-electron chi connectivity index (χ1n) is 9.11. The SMILES string of the molecule is CC(C)c1ccc(NC(=O)[C@@H](C)OC(=O)/C=C\c2ccc3c(c2)OCO3)cc1. The van der Waals surface area contributed by atoms with Crippen LogP contribution < -0.4 is 14.8 Å². The van der Waals surface area contributed by atoms with Crippen molar-refractivity contribution in [3.8, 4) is 11.5 Å². The average Bonchev–Trinajstić information content (AvgIpc) is 3.14. The Morgan fingerprint density at radius 1 is 1.04 bits per heavy atom. The van der Waals surface area contributed by atoms with Crippen LogP contribution in [0.15, 0.2) is 48.5 Å². The normalized spacial score (nSPS) is 13.6. The molecular formula is C22H23NO5. The Labute approximate surface area is 164 Å². The lowest BCUT2D eigenvalue weighted by atomic mass is 10.0. The van der Waals surface area contributed by atoms with Crippen molar-refractivity contribution in [3.63, 3.8) is 0 Å². The summed E-state index contributed by atoms with van der Waals surface area (Å²) in [5, 5.41) is 2.74. The fraction of sp³-hybridized carbons (Fsp3) is 0.273. The summed E-state index contributed by atoms with van der Waals surface area (Å²) in [7, 11) is 0. The Morgan fingerprint density at radius 3 is 2.46 bits per heavy atom. The topological polar surface area (TPSA) is 73.9 Å². The predicted molar refractivity (Wildman–Crippen MR) is 106 cm³/mol. The van der Waals surface area contributed by atoms with E-state index in [1.807, 2.05) is 24.3 Å². The van der Waals surface area contributed by atoms with Gasteiger partial charge in [-0.25, -0.2) is 4.79 Å². The second-order valence-electron chi connectivity index (χ2n) is 6.79. The second kappa shape index (κ2) is 8.61. The fourth-order valence-electron chi connectivity index (χ4n) is 2.64. The smallest absolute Gasteiger partial charge is 0.331 e. The summed E-state index contributed by atoms with van der Waals surface area (Å²) in [4.78, 5) is 24.2. The van der Waals surface area contributed by atoms with E-state index in [4.69, 9.17) is 14.2 Å². The van der Waals surface area contributed by atoms with Crippen LogP contribution in [0.5, 0.6) is 11.5 Å². The maximum atomic E-state index is 12.2. The van der Waals surface area contributed by atoms with E-state index in [0.29, 0.717) is 23.1 Å². The summed E-state index contributed by atoms with van der Waals surface area (Å²) in [6, 6.07) is 12.9. The molecule has 0 unspecified atom stereocenters. The van der Waals surface area contributed by atoms with Gasteiger partial charge >= 0.3 is 5.97 Å². The third kappa shape index (κ3) is 4.91. The number of hydrogen-bond donors (Lipinski definition) is 1. The van der Waals surface area contributed by atoms with Crippen LogP contribution in [0, 0.1) is 0 Å². The third-order valence-electron chi connectivity index (χ3n) is 4.32. The molecule has 1 heterocycles. The minimum absolute atomic E-state index is 0.192. The largest absolute Gasteiger partial charge is 0.454 e. The zero-order chi connectivity index (χ0) is 20.1. The molecule has 1 aliphatic rings. The summed E-state index contributed by atoms with van der Waals surface area (Å²) >= 11 is 0. The number of carbonyl (C=O) groups excluding carboxylic acids is 2. The number of ether oxygens (including phenoxy) is 3. The number of nitrogens with one attached hydrogen (secondary N) is 1. The van der Waals surface area contributed by atoms with Crippen molar-refractivity contribution >= 4 is 23.6 Å². The highest BCUT2D eigenvalue weighted by atomic mass is 16.7. The van der Waals surface area contributed by atoms with E-state index in [2.05, 4.69) is 19.2 Å². The predicted octanol–water partition coefficient (Wildman–Crippen LogP) is 4.12. The number of esters is 1. The number of anilines is 1. The van der Waals surface area contributed by atoms with Crippen molar-refractivity contribution in [1.82, 2.24) is 0 Å². The van der Waals surface area contributed by atoms with E-state index in [1.54, 1.807) is 24.3 Å². The molecule has 6 heteroatoms. The van der Waals surface area contributed by atoms with Crippen molar-refractivity contribution in [3.05, 3.63) is 59.7 Å². The van der Waals surface area contributed by atoms with Gasteiger partial charge < -0.3 is 19.5 Å². The van der Waals surface area contributed by atoms with Gasteiger partial charge in [0.15, 0.2) is 17.6 Å². The van der Waals surface area contributed by atoms with Gasteiger partial charge in [0.05, 0.1) is 0 Å². The minimum atomic E-state index is -0.918. The molecule has 0 fully saturated rings. The fourth-order valence-corrected chi connectivity index (χ4v) is 2.64. The van der Waals surface area contributed by atoms with Crippen molar-refractivity contribution in [2.45, 2.75) is 32.8 Å². The van der Waals surface area contributed by atoms with Gasteiger partial charge in [-0.05, 0) is 54.3 Å². The molecule has 1 amide bonds. The van der Waals surface area contributed by atoms with Crippen LogP contribution in [-0.4, -0.2) is 24.8 Å². The van der Waals surface area contributed by atoms with E-state index in [1.165, 1.54) is 18.6 Å². The molecule has 3 rings (SSSR count). The Balaban J connectivity index is 1.52. The van der Waals surface area contributed by atoms with Gasteiger partial charge in [-0.2, -0.15) is 0 Å². The van der Waals surface area contributed by atoms with Gasteiger partial charge in [0.2, 0.25) is 6.79 Å². The van der Waals surface area contributed by atoms with Gasteiger partial charge in [0.1, 0.15) is 0 Å². The maximum absolute atomic E-state index is 12.2. The number of carbonyl (C=O) groups is 2. The van der Waals surface area contributed by atoms with Gasteiger partial charge in [-0.3, -0.25) is 4.79 Å². The molecule has 2 aromatic rings. The van der Waals surface area contributed by atoms with E-state index in [0.717, 1.165) is 5.56 Å². The van der Waals surface area contributed by atoms with Crippen LogP contribution in [0.2, 0.25) is 0 Å². The monoisotopic (exact) mass is 381 g/mol. The summed E-state index contributed by atoms with van der Waals surface area (Å²) in [5.74, 6) is 0.733. The van der Waals surface area contributed by atoms with Gasteiger partial charge in [0, 0.05) is 11.8 Å². The molecule has 0 aliphatic carbocycles. The Morgan fingerprint density at radius 2 is 1.75 bits per heavy atom. The quantitative estimate of drug-likeness (QED) is 0.602. The van der Waals surface area contributed by atoms with Gasteiger partial charge in [0.25, 0.3) is 5.91 Å².